The lowest BCUT2D eigenvalue weighted by atomic mass is 9.92. The summed E-state index contributed by atoms with van der Waals surface area (Å²) in [6, 6.07) is 15.6. The van der Waals surface area contributed by atoms with Gasteiger partial charge in [0.25, 0.3) is 11.5 Å². The number of pyridine rings is 1. The number of nitrogens with one attached hydrogen (secondary N) is 1. The Balaban J connectivity index is 1.85. The van der Waals surface area contributed by atoms with Gasteiger partial charge in [-0.2, -0.15) is 0 Å². The number of halogens is 1. The molecule has 0 atom stereocenters. The molecule has 1 aromatic heterocycles. The van der Waals surface area contributed by atoms with E-state index < -0.39 is 17.3 Å². The average molecular weight is 376 g/mol. The second kappa shape index (κ2) is 7.23. The summed E-state index contributed by atoms with van der Waals surface area (Å²) in [7, 11) is 0. The fraction of sp³-hybridized carbons (Fsp3) is 0.136. The molecule has 1 aliphatic rings. The molecule has 4 rings (SSSR count). The van der Waals surface area contributed by atoms with E-state index in [0.717, 1.165) is 0 Å². The number of amides is 1. The first-order valence-corrected chi connectivity index (χ1v) is 8.99. The number of ketones is 1. The second-order valence-electron chi connectivity index (χ2n) is 6.63. The quantitative estimate of drug-likeness (QED) is 0.757. The van der Waals surface area contributed by atoms with Crippen molar-refractivity contribution in [2.75, 3.05) is 5.32 Å². The Morgan fingerprint density at radius 1 is 0.964 bits per heavy atom. The number of anilines is 1. The lowest BCUT2D eigenvalue weighted by molar-refractivity contribution is 0.0971. The van der Waals surface area contributed by atoms with E-state index in [0.29, 0.717) is 41.9 Å². The van der Waals surface area contributed by atoms with Gasteiger partial charge in [0.1, 0.15) is 11.4 Å². The van der Waals surface area contributed by atoms with Gasteiger partial charge in [0.2, 0.25) is 0 Å². The van der Waals surface area contributed by atoms with Gasteiger partial charge in [-0.15, -0.1) is 0 Å². The Labute approximate surface area is 160 Å². The zero-order chi connectivity index (χ0) is 19.7. The Morgan fingerprint density at radius 3 is 2.39 bits per heavy atom. The number of carbonyl (C=O) groups excluding carboxylic acids is 2. The van der Waals surface area contributed by atoms with Crippen molar-refractivity contribution in [3.8, 4) is 5.69 Å². The molecule has 2 aromatic carbocycles. The van der Waals surface area contributed by atoms with Gasteiger partial charge in [0.15, 0.2) is 5.78 Å². The zero-order valence-corrected chi connectivity index (χ0v) is 14.9. The lowest BCUT2D eigenvalue weighted by Gasteiger charge is -2.21. The molecule has 0 saturated heterocycles. The molecule has 0 bridgehead atoms. The van der Waals surface area contributed by atoms with Crippen LogP contribution in [0.2, 0.25) is 0 Å². The van der Waals surface area contributed by atoms with Gasteiger partial charge >= 0.3 is 0 Å². The average Bonchev–Trinajstić information content (AvgIpc) is 2.70. The molecule has 0 radical (unpaired) electrons. The number of benzene rings is 2. The maximum atomic E-state index is 13.2. The topological polar surface area (TPSA) is 68.2 Å². The standard InChI is InChI=1S/C22H17FN2O3/c23-14-9-11-15(12-10-14)24-21(27)18-13-17-19(7-4-8-20(17)26)25(22(18)28)16-5-2-1-3-6-16/h1-3,5-6,9-13H,4,7-8H2,(H,24,27). The van der Waals surface area contributed by atoms with Crippen molar-refractivity contribution in [1.29, 1.82) is 0 Å². The molecule has 0 fully saturated rings. The molecule has 0 saturated carbocycles. The van der Waals surface area contributed by atoms with E-state index in [1.54, 1.807) is 24.3 Å². The highest BCUT2D eigenvalue weighted by atomic mass is 19.1. The van der Waals surface area contributed by atoms with Crippen LogP contribution >= 0.6 is 0 Å². The number of nitrogens with zero attached hydrogens (tertiary/aromatic N) is 1. The highest BCUT2D eigenvalue weighted by Crippen LogP contribution is 2.24. The summed E-state index contributed by atoms with van der Waals surface area (Å²) >= 11 is 0. The summed E-state index contributed by atoms with van der Waals surface area (Å²) in [4.78, 5) is 38.4. The van der Waals surface area contributed by atoms with E-state index >= 15 is 0 Å². The van der Waals surface area contributed by atoms with Crippen LogP contribution < -0.4 is 10.9 Å². The Morgan fingerprint density at radius 2 is 1.68 bits per heavy atom. The molecule has 1 N–H and O–H groups in total. The van der Waals surface area contributed by atoms with Crippen molar-refractivity contribution >= 4 is 17.4 Å². The summed E-state index contributed by atoms with van der Waals surface area (Å²) in [6.45, 7) is 0. The lowest BCUT2D eigenvalue weighted by Crippen LogP contribution is -2.33. The van der Waals surface area contributed by atoms with Gasteiger partial charge in [0.05, 0.1) is 0 Å². The smallest absolute Gasteiger partial charge is 0.268 e. The molecule has 1 aliphatic carbocycles. The number of aromatic nitrogens is 1. The molecule has 1 amide bonds. The minimum atomic E-state index is -0.637. The van der Waals surface area contributed by atoms with E-state index in [-0.39, 0.29) is 11.3 Å². The van der Waals surface area contributed by atoms with E-state index in [2.05, 4.69) is 5.32 Å². The molecule has 3 aromatic rings. The minimum absolute atomic E-state index is 0.0817. The molecular formula is C22H17FN2O3. The number of hydrogen-bond acceptors (Lipinski definition) is 3. The van der Waals surface area contributed by atoms with Gasteiger partial charge in [0, 0.05) is 29.1 Å². The summed E-state index contributed by atoms with van der Waals surface area (Å²) < 4.78 is 14.5. The summed E-state index contributed by atoms with van der Waals surface area (Å²) in [5, 5.41) is 2.60. The third-order valence-corrected chi connectivity index (χ3v) is 4.78. The van der Waals surface area contributed by atoms with Crippen LogP contribution in [0.15, 0.2) is 65.5 Å². The number of rotatable bonds is 3. The van der Waals surface area contributed by atoms with Crippen molar-refractivity contribution in [3.63, 3.8) is 0 Å². The second-order valence-corrected chi connectivity index (χ2v) is 6.63. The number of carbonyl (C=O) groups is 2. The maximum absolute atomic E-state index is 13.2. The number of Topliss-reactive ketones (excluding diaryl/α,β-unsaturated/α-hetero) is 1. The van der Waals surface area contributed by atoms with Gasteiger partial charge in [-0.05, 0) is 55.3 Å². The number of para-hydroxylation sites is 1. The highest BCUT2D eigenvalue weighted by Gasteiger charge is 2.26. The van der Waals surface area contributed by atoms with Crippen LogP contribution in [0.4, 0.5) is 10.1 Å². The first kappa shape index (κ1) is 17.9. The molecule has 5 nitrogen and oxygen atoms in total. The monoisotopic (exact) mass is 376 g/mol. The first-order chi connectivity index (χ1) is 13.5. The van der Waals surface area contributed by atoms with Gasteiger partial charge in [-0.1, -0.05) is 18.2 Å². The number of fused-ring (bicyclic) bond motifs is 1. The molecule has 28 heavy (non-hydrogen) atoms. The predicted molar refractivity (Wildman–Crippen MR) is 104 cm³/mol. The Hall–Kier alpha value is -3.54. The molecular weight excluding hydrogens is 359 g/mol. The minimum Gasteiger partial charge on any atom is -0.322 e. The van der Waals surface area contributed by atoms with Crippen LogP contribution in [-0.2, 0) is 6.42 Å². The zero-order valence-electron chi connectivity index (χ0n) is 14.9. The fourth-order valence-corrected chi connectivity index (χ4v) is 3.44. The van der Waals surface area contributed by atoms with E-state index in [1.165, 1.54) is 34.9 Å². The Bertz CT molecular complexity index is 1120. The van der Waals surface area contributed by atoms with Crippen LogP contribution in [-0.4, -0.2) is 16.3 Å². The molecule has 0 aliphatic heterocycles. The Kier molecular flexibility index (Phi) is 4.61. The van der Waals surface area contributed by atoms with Crippen molar-refractivity contribution in [3.05, 3.63) is 93.7 Å². The van der Waals surface area contributed by atoms with Crippen molar-refractivity contribution in [1.82, 2.24) is 4.57 Å². The maximum Gasteiger partial charge on any atom is 0.268 e. The fourth-order valence-electron chi connectivity index (χ4n) is 3.44. The van der Waals surface area contributed by atoms with Crippen LogP contribution in [0, 0.1) is 5.82 Å². The largest absolute Gasteiger partial charge is 0.322 e. The van der Waals surface area contributed by atoms with Crippen LogP contribution in [0.3, 0.4) is 0 Å². The van der Waals surface area contributed by atoms with Crippen molar-refractivity contribution < 1.29 is 14.0 Å². The van der Waals surface area contributed by atoms with Gasteiger partial charge in [-0.3, -0.25) is 19.0 Å². The molecule has 0 spiro atoms. The van der Waals surface area contributed by atoms with Crippen LogP contribution in [0.1, 0.15) is 39.3 Å². The number of hydrogen-bond donors (Lipinski definition) is 1. The summed E-state index contributed by atoms with van der Waals surface area (Å²) in [5.41, 5.74) is 1.39. The summed E-state index contributed by atoms with van der Waals surface area (Å²) in [6.07, 6.45) is 1.64. The summed E-state index contributed by atoms with van der Waals surface area (Å²) in [5.74, 6) is -1.15. The molecule has 140 valence electrons. The van der Waals surface area contributed by atoms with Gasteiger partial charge in [-0.25, -0.2) is 4.39 Å². The SMILES string of the molecule is O=C1CCCc2c1cc(C(=O)Nc1ccc(F)cc1)c(=O)n2-c1ccccc1. The molecule has 1 heterocycles. The normalized spacial score (nSPS) is 13.1. The predicted octanol–water partition coefficient (Wildman–Crippen LogP) is 3.75. The highest BCUT2D eigenvalue weighted by molar-refractivity contribution is 6.06. The molecule has 6 heteroatoms. The van der Waals surface area contributed by atoms with Crippen LogP contribution in [0.25, 0.3) is 5.69 Å². The van der Waals surface area contributed by atoms with E-state index in [4.69, 9.17) is 0 Å². The van der Waals surface area contributed by atoms with E-state index in [1.807, 2.05) is 6.07 Å². The first-order valence-electron chi connectivity index (χ1n) is 8.99. The van der Waals surface area contributed by atoms with E-state index in [9.17, 15) is 18.8 Å². The van der Waals surface area contributed by atoms with Crippen LogP contribution in [0.5, 0.6) is 0 Å². The molecule has 0 unspecified atom stereocenters. The van der Waals surface area contributed by atoms with Gasteiger partial charge < -0.3 is 5.32 Å². The third-order valence-electron chi connectivity index (χ3n) is 4.78. The third kappa shape index (κ3) is 3.24. The van der Waals surface area contributed by atoms with Crippen molar-refractivity contribution in [2.24, 2.45) is 0 Å². The van der Waals surface area contributed by atoms with Crippen molar-refractivity contribution in [2.45, 2.75) is 19.3 Å².